The average Bonchev–Trinajstić information content (AvgIpc) is 2.66. The normalized spacial score (nSPS) is 14.2. The van der Waals surface area contributed by atoms with Crippen LogP contribution in [0.15, 0.2) is 48.5 Å². The maximum atomic E-state index is 12.4. The number of aryl methyl sites for hydroxylation is 1. The summed E-state index contributed by atoms with van der Waals surface area (Å²) in [5, 5.41) is 11.1. The van der Waals surface area contributed by atoms with Gasteiger partial charge in [-0.1, -0.05) is 24.3 Å². The van der Waals surface area contributed by atoms with E-state index in [9.17, 15) is 14.9 Å². The summed E-state index contributed by atoms with van der Waals surface area (Å²) in [5.41, 5.74) is 1.86. The first-order valence-corrected chi connectivity index (χ1v) is 8.50. The molecular formula is C19H21N3O4. The van der Waals surface area contributed by atoms with Gasteiger partial charge in [0.25, 0.3) is 5.91 Å². The Morgan fingerprint density at radius 1 is 1.12 bits per heavy atom. The van der Waals surface area contributed by atoms with Crippen LogP contribution in [-0.2, 0) is 4.79 Å². The standard InChI is InChI=1S/C19H21N3O4/c1-15-7-8-17(22(24)25)18(13-15)26-14-19(23)21-11-9-20(10-12-21)16-5-3-2-4-6-16/h2-8,13H,9-12,14H2,1H3. The summed E-state index contributed by atoms with van der Waals surface area (Å²) in [4.78, 5) is 26.9. The first-order valence-electron chi connectivity index (χ1n) is 8.50. The molecule has 2 aromatic carbocycles. The quantitative estimate of drug-likeness (QED) is 0.609. The van der Waals surface area contributed by atoms with Crippen LogP contribution in [0.5, 0.6) is 5.75 Å². The third kappa shape index (κ3) is 4.11. The van der Waals surface area contributed by atoms with Crippen molar-refractivity contribution in [1.29, 1.82) is 0 Å². The molecule has 1 aliphatic rings. The molecule has 0 spiro atoms. The Morgan fingerprint density at radius 3 is 2.46 bits per heavy atom. The molecular weight excluding hydrogens is 334 g/mol. The minimum Gasteiger partial charge on any atom is -0.477 e. The van der Waals surface area contributed by atoms with Gasteiger partial charge in [-0.05, 0) is 30.7 Å². The van der Waals surface area contributed by atoms with Gasteiger partial charge in [-0.25, -0.2) is 0 Å². The number of nitro groups is 1. The number of piperazine rings is 1. The van der Waals surface area contributed by atoms with Crippen LogP contribution in [0.4, 0.5) is 11.4 Å². The molecule has 0 N–H and O–H groups in total. The van der Waals surface area contributed by atoms with Crippen molar-refractivity contribution in [2.45, 2.75) is 6.92 Å². The van der Waals surface area contributed by atoms with Gasteiger partial charge in [0.2, 0.25) is 0 Å². The molecule has 136 valence electrons. The fourth-order valence-electron chi connectivity index (χ4n) is 2.97. The highest BCUT2D eigenvalue weighted by atomic mass is 16.6. The number of nitro benzene ring substituents is 1. The zero-order chi connectivity index (χ0) is 18.5. The van der Waals surface area contributed by atoms with Gasteiger partial charge < -0.3 is 14.5 Å². The molecule has 0 aromatic heterocycles. The topological polar surface area (TPSA) is 75.9 Å². The van der Waals surface area contributed by atoms with E-state index in [4.69, 9.17) is 4.74 Å². The molecule has 3 rings (SSSR count). The van der Waals surface area contributed by atoms with Crippen molar-refractivity contribution in [1.82, 2.24) is 4.90 Å². The Morgan fingerprint density at radius 2 is 1.81 bits per heavy atom. The molecule has 1 amide bonds. The second-order valence-corrected chi connectivity index (χ2v) is 6.22. The van der Waals surface area contributed by atoms with E-state index >= 15 is 0 Å². The molecule has 0 bridgehead atoms. The molecule has 7 heteroatoms. The number of carbonyl (C=O) groups is 1. The minimum absolute atomic E-state index is 0.128. The Hall–Kier alpha value is -3.09. The minimum atomic E-state index is -0.502. The zero-order valence-corrected chi connectivity index (χ0v) is 14.6. The van der Waals surface area contributed by atoms with E-state index in [1.165, 1.54) is 6.07 Å². The number of anilines is 1. The molecule has 26 heavy (non-hydrogen) atoms. The van der Waals surface area contributed by atoms with Crippen LogP contribution in [0.2, 0.25) is 0 Å². The van der Waals surface area contributed by atoms with Crippen LogP contribution in [0.1, 0.15) is 5.56 Å². The Balaban J connectivity index is 1.55. The number of benzene rings is 2. The van der Waals surface area contributed by atoms with Crippen LogP contribution in [0.3, 0.4) is 0 Å². The molecule has 1 heterocycles. The SMILES string of the molecule is Cc1ccc([N+](=O)[O-])c(OCC(=O)N2CCN(c3ccccc3)CC2)c1. The van der Waals surface area contributed by atoms with Gasteiger partial charge in [0, 0.05) is 37.9 Å². The largest absolute Gasteiger partial charge is 0.477 e. The third-order valence-corrected chi connectivity index (χ3v) is 4.42. The van der Waals surface area contributed by atoms with E-state index in [2.05, 4.69) is 17.0 Å². The Labute approximate surface area is 151 Å². The van der Waals surface area contributed by atoms with Gasteiger partial charge in [0.15, 0.2) is 12.4 Å². The maximum absolute atomic E-state index is 12.4. The number of rotatable bonds is 5. The van der Waals surface area contributed by atoms with Gasteiger partial charge in [0.05, 0.1) is 4.92 Å². The number of hydrogen-bond donors (Lipinski definition) is 0. The summed E-state index contributed by atoms with van der Waals surface area (Å²) in [6.45, 7) is 4.33. The van der Waals surface area contributed by atoms with E-state index in [1.54, 1.807) is 17.0 Å². The number of para-hydroxylation sites is 1. The second-order valence-electron chi connectivity index (χ2n) is 6.22. The summed E-state index contributed by atoms with van der Waals surface area (Å²) >= 11 is 0. The highest BCUT2D eigenvalue weighted by molar-refractivity contribution is 5.78. The van der Waals surface area contributed by atoms with E-state index < -0.39 is 4.92 Å². The van der Waals surface area contributed by atoms with E-state index in [0.717, 1.165) is 24.3 Å². The lowest BCUT2D eigenvalue weighted by Gasteiger charge is -2.36. The van der Waals surface area contributed by atoms with Gasteiger partial charge >= 0.3 is 5.69 Å². The van der Waals surface area contributed by atoms with Crippen LogP contribution >= 0.6 is 0 Å². The van der Waals surface area contributed by atoms with Gasteiger partial charge in [-0.2, -0.15) is 0 Å². The maximum Gasteiger partial charge on any atom is 0.310 e. The first kappa shape index (κ1) is 17.7. The number of nitrogens with zero attached hydrogens (tertiary/aromatic N) is 3. The van der Waals surface area contributed by atoms with Crippen molar-refractivity contribution >= 4 is 17.3 Å². The number of hydrogen-bond acceptors (Lipinski definition) is 5. The van der Waals surface area contributed by atoms with Crippen molar-refractivity contribution < 1.29 is 14.5 Å². The molecule has 0 saturated carbocycles. The van der Waals surface area contributed by atoms with Crippen molar-refractivity contribution in [3.63, 3.8) is 0 Å². The van der Waals surface area contributed by atoms with Crippen molar-refractivity contribution in [3.05, 3.63) is 64.2 Å². The Bertz CT molecular complexity index is 787. The molecule has 0 aliphatic carbocycles. The van der Waals surface area contributed by atoms with E-state index in [-0.39, 0.29) is 24.0 Å². The monoisotopic (exact) mass is 355 g/mol. The summed E-state index contributed by atoms with van der Waals surface area (Å²) < 4.78 is 5.46. The molecule has 2 aromatic rings. The lowest BCUT2D eigenvalue weighted by molar-refractivity contribution is -0.385. The van der Waals surface area contributed by atoms with E-state index in [1.807, 2.05) is 25.1 Å². The second kappa shape index (κ2) is 7.86. The van der Waals surface area contributed by atoms with E-state index in [0.29, 0.717) is 13.1 Å². The lowest BCUT2D eigenvalue weighted by atomic mass is 10.2. The summed E-state index contributed by atoms with van der Waals surface area (Å²) in [7, 11) is 0. The summed E-state index contributed by atoms with van der Waals surface area (Å²) in [5.74, 6) is -0.0280. The molecule has 1 saturated heterocycles. The average molecular weight is 355 g/mol. The molecule has 1 aliphatic heterocycles. The van der Waals surface area contributed by atoms with Crippen molar-refractivity contribution in [2.75, 3.05) is 37.7 Å². The summed E-state index contributed by atoms with van der Waals surface area (Å²) in [6, 6.07) is 14.7. The van der Waals surface area contributed by atoms with Crippen LogP contribution in [-0.4, -0.2) is 48.5 Å². The lowest BCUT2D eigenvalue weighted by Crippen LogP contribution is -2.50. The first-order chi connectivity index (χ1) is 12.5. The highest BCUT2D eigenvalue weighted by Gasteiger charge is 2.23. The molecule has 0 unspecified atom stereocenters. The number of amides is 1. The molecule has 0 atom stereocenters. The smallest absolute Gasteiger partial charge is 0.310 e. The Kier molecular flexibility index (Phi) is 5.36. The third-order valence-electron chi connectivity index (χ3n) is 4.42. The van der Waals surface area contributed by atoms with Crippen molar-refractivity contribution in [3.8, 4) is 5.75 Å². The number of ether oxygens (including phenoxy) is 1. The zero-order valence-electron chi connectivity index (χ0n) is 14.6. The van der Waals surface area contributed by atoms with Gasteiger partial charge in [-0.15, -0.1) is 0 Å². The fourth-order valence-corrected chi connectivity index (χ4v) is 2.97. The molecule has 0 radical (unpaired) electrons. The predicted octanol–water partition coefficient (Wildman–Crippen LogP) is 2.63. The van der Waals surface area contributed by atoms with Gasteiger partial charge in [-0.3, -0.25) is 14.9 Å². The predicted molar refractivity (Wildman–Crippen MR) is 98.6 cm³/mol. The van der Waals surface area contributed by atoms with Crippen molar-refractivity contribution in [2.24, 2.45) is 0 Å². The fraction of sp³-hybridized carbons (Fsp3) is 0.316. The van der Waals surface area contributed by atoms with Crippen LogP contribution < -0.4 is 9.64 Å². The highest BCUT2D eigenvalue weighted by Crippen LogP contribution is 2.27. The van der Waals surface area contributed by atoms with Crippen LogP contribution in [0, 0.1) is 17.0 Å². The van der Waals surface area contributed by atoms with Gasteiger partial charge in [0.1, 0.15) is 0 Å². The summed E-state index contributed by atoms with van der Waals surface area (Å²) in [6.07, 6.45) is 0. The van der Waals surface area contributed by atoms with Crippen LogP contribution in [0.25, 0.3) is 0 Å². The molecule has 1 fully saturated rings. The molecule has 7 nitrogen and oxygen atoms in total. The number of carbonyl (C=O) groups excluding carboxylic acids is 1.